The van der Waals surface area contributed by atoms with Crippen LogP contribution in [0.3, 0.4) is 0 Å². The Balaban J connectivity index is 1.12. The predicted molar refractivity (Wildman–Crippen MR) is 429 cm³/mol. The second-order valence-electron chi connectivity index (χ2n) is 33.5. The van der Waals surface area contributed by atoms with Crippen molar-refractivity contribution in [1.29, 1.82) is 0 Å². The van der Waals surface area contributed by atoms with E-state index < -0.39 is 248 Å². The molecule has 32 atom stereocenters. The standard InChI is InChI=1S/C84H153N3O32/c1-6-8-10-12-14-16-18-20-21-22-23-24-25-26-27-28-29-31-33-35-37-39-41-43-60(96)87-53(54(95)42-40-38-36-34-32-30-19-17-15-13-11-9-7-2)49-108-81-71(105)69(103)74(58(47-91)114-81)115-83-72(106)78(66(100)56(45-89)111-83)119-80-62(86-52(5)94)76(75(59(48-92)113-80)116-82-70(104)68(102)63(97)50(3)109-82)117-84-73(107)77(65(99)57(46-90)112-84)118-79-61(85-51(4)93)67(101)64(98)55(44-88)110-79/h40,42,50,53-59,61-84,88-92,95,97-107H,6-39,41,43-49H2,1-5H3,(H,85,93)(H,86,94)(H,87,96)/b42-40+/t50?,53-,54+,55?,56?,57?,58?,59?,61?,62?,63+,64+,65-,66-,67+,68?,69+,70-,71?,72?,73?,74+,75+,76+,77-,78-,79-,80-,81+,82+,83-,84-/m0/s1. The molecule has 119 heavy (non-hydrogen) atoms. The maximum absolute atomic E-state index is 13.7. The van der Waals surface area contributed by atoms with Gasteiger partial charge in [-0.2, -0.15) is 0 Å². The van der Waals surface area contributed by atoms with E-state index in [1.165, 1.54) is 167 Å². The number of amides is 3. The maximum atomic E-state index is 13.7. The second kappa shape index (κ2) is 57.6. The largest absolute Gasteiger partial charge is 0.394 e. The molecule has 0 aliphatic carbocycles. The van der Waals surface area contributed by atoms with Crippen molar-refractivity contribution in [3.8, 4) is 0 Å². The molecule has 0 bridgehead atoms. The number of carbonyl (C=O) groups is 3. The molecule has 20 N–H and O–H groups in total. The molecule has 6 saturated heterocycles. The summed E-state index contributed by atoms with van der Waals surface area (Å²) in [6.45, 7) is 2.27. The SMILES string of the molecule is CCCCCCCCCCCCC/C=C/[C@@H](O)[C@H](CO[C@@H]1OC(CO)[C@@H](O[C@@H]2OC(CO)[C@H](O)[C@H](O[C@@H]3OC(CO)[C@@H](O[C@H]4OC(C)[C@@H](O)C(O)[C@@H]4O)[C@H](O[C@@H]4OC(CO)[C@H](O)[C@H](O[C@@H]5OC(CO)[C@@H](O)[C@H](O)C5NC(C)=O)C4O)C3NC(C)=O)C2O)[C@H](O)C1O)NC(=O)CCCCCCCCCCCCCCCCCCCCCCCCC. The zero-order valence-electron chi connectivity index (χ0n) is 71.1. The minimum absolute atomic E-state index is 0.167. The first-order chi connectivity index (χ1) is 57.3. The zero-order valence-corrected chi connectivity index (χ0v) is 71.1. The molecule has 6 fully saturated rings. The first kappa shape index (κ1) is 105. The Morgan fingerprint density at radius 1 is 0.345 bits per heavy atom. The highest BCUT2D eigenvalue weighted by Crippen LogP contribution is 2.39. The average Bonchev–Trinajstić information content (AvgIpc) is 0.752. The van der Waals surface area contributed by atoms with Crippen molar-refractivity contribution in [3.63, 3.8) is 0 Å². The number of hydrogen-bond acceptors (Lipinski definition) is 32. The highest BCUT2D eigenvalue weighted by atomic mass is 16.8. The summed E-state index contributed by atoms with van der Waals surface area (Å²) in [5, 5.41) is 199. The highest BCUT2D eigenvalue weighted by Gasteiger charge is 2.59. The Kier molecular flexibility index (Phi) is 50.8. The third kappa shape index (κ3) is 33.9. The number of aliphatic hydroxyl groups excluding tert-OH is 17. The molecule has 35 heteroatoms. The van der Waals surface area contributed by atoms with Crippen LogP contribution in [0.2, 0.25) is 0 Å². The molecule has 0 radical (unpaired) electrons. The maximum Gasteiger partial charge on any atom is 0.220 e. The van der Waals surface area contributed by atoms with Gasteiger partial charge in [-0.25, -0.2) is 0 Å². The second-order valence-corrected chi connectivity index (χ2v) is 33.5. The lowest BCUT2D eigenvalue weighted by atomic mass is 9.93. The fourth-order valence-electron chi connectivity index (χ4n) is 16.4. The van der Waals surface area contributed by atoms with Gasteiger partial charge in [0.05, 0.1) is 57.9 Å². The van der Waals surface area contributed by atoms with Crippen LogP contribution in [0.25, 0.3) is 0 Å². The molecule has 0 aromatic carbocycles. The van der Waals surface area contributed by atoms with Gasteiger partial charge in [-0.1, -0.05) is 231 Å². The molecule has 0 spiro atoms. The lowest BCUT2D eigenvalue weighted by Crippen LogP contribution is -2.71. The van der Waals surface area contributed by atoms with Crippen molar-refractivity contribution in [2.75, 3.05) is 39.6 Å². The van der Waals surface area contributed by atoms with Crippen LogP contribution in [0.4, 0.5) is 0 Å². The van der Waals surface area contributed by atoms with Crippen LogP contribution in [-0.4, -0.2) is 340 Å². The van der Waals surface area contributed by atoms with Gasteiger partial charge >= 0.3 is 0 Å². The summed E-state index contributed by atoms with van der Waals surface area (Å²) < 4.78 is 72.6. The van der Waals surface area contributed by atoms with Gasteiger partial charge < -0.3 is 160 Å². The average molecular weight is 1720 g/mol. The first-order valence-electron chi connectivity index (χ1n) is 44.8. The predicted octanol–water partition coefficient (Wildman–Crippen LogP) is 1.72. The first-order valence-corrected chi connectivity index (χ1v) is 44.8. The molecule has 3 amide bonds. The number of rotatable bonds is 59. The van der Waals surface area contributed by atoms with Crippen molar-refractivity contribution in [2.24, 2.45) is 0 Å². The molecule has 35 nitrogen and oxygen atoms in total. The topological polar surface area (TPSA) is 542 Å². The smallest absolute Gasteiger partial charge is 0.220 e. The molecule has 12 unspecified atom stereocenters. The molecule has 6 rings (SSSR count). The number of carbonyl (C=O) groups excluding carboxylic acids is 3. The minimum atomic E-state index is -2.29. The number of nitrogens with one attached hydrogen (secondary N) is 3. The Morgan fingerprint density at radius 2 is 0.689 bits per heavy atom. The van der Waals surface area contributed by atoms with E-state index in [0.717, 1.165) is 65.2 Å². The highest BCUT2D eigenvalue weighted by molar-refractivity contribution is 5.76. The van der Waals surface area contributed by atoms with E-state index in [9.17, 15) is 101 Å². The summed E-state index contributed by atoms with van der Waals surface area (Å²) in [7, 11) is 0. The van der Waals surface area contributed by atoms with Gasteiger partial charge in [0.15, 0.2) is 37.7 Å². The van der Waals surface area contributed by atoms with E-state index in [1.54, 1.807) is 6.08 Å². The van der Waals surface area contributed by atoms with Crippen LogP contribution in [-0.2, 0) is 71.2 Å². The van der Waals surface area contributed by atoms with Crippen LogP contribution in [0, 0.1) is 0 Å². The summed E-state index contributed by atoms with van der Waals surface area (Å²) in [4.78, 5) is 39.6. The normalized spacial score (nSPS) is 35.7. The molecule has 0 saturated carbocycles. The monoisotopic (exact) mass is 1720 g/mol. The summed E-state index contributed by atoms with van der Waals surface area (Å²) in [5.74, 6) is -2.05. The molecule has 6 aliphatic rings. The third-order valence-electron chi connectivity index (χ3n) is 23.7. The molecule has 6 heterocycles. The van der Waals surface area contributed by atoms with E-state index in [-0.39, 0.29) is 12.3 Å². The molecule has 0 aromatic rings. The van der Waals surface area contributed by atoms with Crippen molar-refractivity contribution in [1.82, 2.24) is 16.0 Å². The van der Waals surface area contributed by atoms with Crippen LogP contribution >= 0.6 is 0 Å². The fourth-order valence-corrected chi connectivity index (χ4v) is 16.4. The quantitative estimate of drug-likeness (QED) is 0.0304. The van der Waals surface area contributed by atoms with Crippen molar-refractivity contribution >= 4 is 17.7 Å². The van der Waals surface area contributed by atoms with E-state index in [1.807, 2.05) is 6.08 Å². The molecule has 696 valence electrons. The summed E-state index contributed by atoms with van der Waals surface area (Å²) in [6, 6.07) is -4.67. The number of allylic oxidation sites excluding steroid dienone is 1. The summed E-state index contributed by atoms with van der Waals surface area (Å²) in [6.07, 6.45) is -9.72. The van der Waals surface area contributed by atoms with Crippen molar-refractivity contribution < 1.29 is 158 Å². The van der Waals surface area contributed by atoms with Crippen molar-refractivity contribution in [2.45, 2.75) is 462 Å². The minimum Gasteiger partial charge on any atom is -0.394 e. The number of ether oxygens (including phenoxy) is 12. The van der Waals surface area contributed by atoms with Crippen LogP contribution < -0.4 is 16.0 Å². The Bertz CT molecular complexity index is 2730. The van der Waals surface area contributed by atoms with E-state index in [2.05, 4.69) is 29.8 Å². The van der Waals surface area contributed by atoms with Gasteiger partial charge in [0.1, 0.15) is 140 Å². The van der Waals surface area contributed by atoms with Crippen molar-refractivity contribution in [3.05, 3.63) is 12.2 Å². The molecular formula is C84H153N3O32. The Hall–Kier alpha value is -3.01. The summed E-state index contributed by atoms with van der Waals surface area (Å²) >= 11 is 0. The van der Waals surface area contributed by atoms with Crippen LogP contribution in [0.15, 0.2) is 12.2 Å². The summed E-state index contributed by atoms with van der Waals surface area (Å²) in [5.41, 5.74) is 0. The fraction of sp³-hybridized carbons (Fsp3) is 0.940. The van der Waals surface area contributed by atoms with Gasteiger partial charge in [-0.15, -0.1) is 0 Å². The van der Waals surface area contributed by atoms with E-state index in [0.29, 0.717) is 12.8 Å². The zero-order chi connectivity index (χ0) is 86.9. The van der Waals surface area contributed by atoms with Gasteiger partial charge in [0, 0.05) is 20.3 Å². The third-order valence-corrected chi connectivity index (χ3v) is 23.7. The van der Waals surface area contributed by atoms with E-state index >= 15 is 0 Å². The molecular weight excluding hydrogens is 1560 g/mol. The Morgan fingerprint density at radius 3 is 1.13 bits per heavy atom. The number of hydrogen-bond donors (Lipinski definition) is 20. The number of unbranched alkanes of at least 4 members (excludes halogenated alkanes) is 33. The van der Waals surface area contributed by atoms with Crippen LogP contribution in [0.5, 0.6) is 0 Å². The molecule has 6 aliphatic heterocycles. The van der Waals surface area contributed by atoms with E-state index in [4.69, 9.17) is 56.8 Å². The van der Waals surface area contributed by atoms with Gasteiger partial charge in [0.25, 0.3) is 0 Å². The lowest BCUT2D eigenvalue weighted by Gasteiger charge is -2.52. The Labute approximate surface area is 702 Å². The van der Waals surface area contributed by atoms with Gasteiger partial charge in [0.2, 0.25) is 17.7 Å². The van der Waals surface area contributed by atoms with Crippen LogP contribution in [0.1, 0.15) is 266 Å². The lowest BCUT2D eigenvalue weighted by molar-refractivity contribution is -0.395. The van der Waals surface area contributed by atoms with Gasteiger partial charge in [-0.3, -0.25) is 14.4 Å². The van der Waals surface area contributed by atoms with Gasteiger partial charge in [-0.05, 0) is 26.2 Å². The molecule has 0 aromatic heterocycles. The number of aliphatic hydroxyl groups is 17.